The van der Waals surface area contributed by atoms with Gasteiger partial charge in [0.05, 0.1) is 5.56 Å². The first-order valence-electron chi connectivity index (χ1n) is 7.15. The summed E-state index contributed by atoms with van der Waals surface area (Å²) in [6.45, 7) is 1.62. The third-order valence-electron chi connectivity index (χ3n) is 3.12. The number of rotatable bonds is 7. The molecule has 0 radical (unpaired) electrons. The molecule has 1 aromatic carbocycles. The number of benzene rings is 1. The highest BCUT2D eigenvalue weighted by atomic mass is 32.2. The Bertz CT molecular complexity index is 593. The van der Waals surface area contributed by atoms with Crippen LogP contribution in [0.5, 0.6) is 0 Å². The zero-order valence-corrected chi connectivity index (χ0v) is 14.0. The quantitative estimate of drug-likeness (QED) is 0.727. The van der Waals surface area contributed by atoms with Crippen molar-refractivity contribution in [3.05, 3.63) is 29.6 Å². The van der Waals surface area contributed by atoms with Crippen molar-refractivity contribution in [2.24, 2.45) is 0 Å². The number of carbonyl (C=O) groups excluding carboxylic acids is 2. The fourth-order valence-corrected chi connectivity index (χ4v) is 2.32. The predicted octanol–water partition coefficient (Wildman–Crippen LogP) is 3.43. The van der Waals surface area contributed by atoms with Crippen molar-refractivity contribution in [1.29, 1.82) is 0 Å². The number of thioether (sulfide) groups is 1. The third-order valence-corrected chi connectivity index (χ3v) is 3.77. The van der Waals surface area contributed by atoms with E-state index in [1.54, 1.807) is 6.92 Å². The second-order valence-electron chi connectivity index (χ2n) is 4.94. The second-order valence-corrected chi connectivity index (χ2v) is 5.92. The molecule has 4 nitrogen and oxygen atoms in total. The fraction of sp³-hybridized carbons (Fsp3) is 0.467. The van der Waals surface area contributed by atoms with Crippen molar-refractivity contribution < 1.29 is 27.2 Å². The lowest BCUT2D eigenvalue weighted by Crippen LogP contribution is -2.44. The normalized spacial score (nSPS) is 12.6. The minimum Gasteiger partial charge on any atom is -0.344 e. The highest BCUT2D eigenvalue weighted by molar-refractivity contribution is 7.98. The van der Waals surface area contributed by atoms with Crippen LogP contribution in [0, 0.1) is 5.82 Å². The summed E-state index contributed by atoms with van der Waals surface area (Å²) in [5.41, 5.74) is -1.65. The molecule has 2 amide bonds. The van der Waals surface area contributed by atoms with E-state index in [4.69, 9.17) is 0 Å². The van der Waals surface area contributed by atoms with Gasteiger partial charge in [-0.05, 0) is 36.6 Å². The van der Waals surface area contributed by atoms with E-state index in [-0.39, 0.29) is 18.0 Å². The Morgan fingerprint density at radius 2 is 1.96 bits per heavy atom. The molecule has 0 aromatic heterocycles. The van der Waals surface area contributed by atoms with E-state index in [0.29, 0.717) is 24.3 Å². The van der Waals surface area contributed by atoms with Gasteiger partial charge in [0.15, 0.2) is 0 Å². The van der Waals surface area contributed by atoms with E-state index in [2.05, 4.69) is 10.6 Å². The summed E-state index contributed by atoms with van der Waals surface area (Å²) < 4.78 is 51.3. The number of hydrogen-bond acceptors (Lipinski definition) is 3. The molecule has 0 saturated carbocycles. The summed E-state index contributed by atoms with van der Waals surface area (Å²) >= 11 is 1.47. The minimum absolute atomic E-state index is 0.178. The van der Waals surface area contributed by atoms with Crippen molar-refractivity contribution in [2.45, 2.75) is 32.0 Å². The van der Waals surface area contributed by atoms with Crippen LogP contribution in [-0.2, 0) is 15.8 Å². The topological polar surface area (TPSA) is 58.2 Å². The SMILES string of the molecule is CCC(=O)N[C@@H](CCSC)C(=O)Nc1ccc(F)c(C(F)(F)F)c1. The van der Waals surface area contributed by atoms with Crippen LogP contribution in [0.3, 0.4) is 0 Å². The molecule has 0 fully saturated rings. The van der Waals surface area contributed by atoms with Gasteiger partial charge >= 0.3 is 6.18 Å². The van der Waals surface area contributed by atoms with Crippen molar-refractivity contribution in [3.8, 4) is 0 Å². The molecular formula is C15H18F4N2O2S. The van der Waals surface area contributed by atoms with Crippen LogP contribution < -0.4 is 10.6 Å². The van der Waals surface area contributed by atoms with Gasteiger partial charge in [0.1, 0.15) is 11.9 Å². The maximum atomic E-state index is 13.3. The van der Waals surface area contributed by atoms with Gasteiger partial charge in [0.2, 0.25) is 11.8 Å². The summed E-state index contributed by atoms with van der Waals surface area (Å²) in [5.74, 6) is -1.82. The number of nitrogens with one attached hydrogen (secondary N) is 2. The highest BCUT2D eigenvalue weighted by Crippen LogP contribution is 2.33. The molecule has 0 aliphatic carbocycles. The first-order chi connectivity index (χ1) is 11.2. The van der Waals surface area contributed by atoms with Gasteiger partial charge in [-0.15, -0.1) is 0 Å². The maximum absolute atomic E-state index is 13.3. The highest BCUT2D eigenvalue weighted by Gasteiger charge is 2.34. The minimum atomic E-state index is -4.86. The summed E-state index contributed by atoms with van der Waals surface area (Å²) in [7, 11) is 0. The lowest BCUT2D eigenvalue weighted by molar-refractivity contribution is -0.140. The first kappa shape index (κ1) is 20.3. The lowest BCUT2D eigenvalue weighted by Gasteiger charge is -2.18. The van der Waals surface area contributed by atoms with Gasteiger partial charge in [-0.25, -0.2) is 4.39 Å². The first-order valence-corrected chi connectivity index (χ1v) is 8.54. The van der Waals surface area contributed by atoms with Crippen molar-refractivity contribution >= 4 is 29.3 Å². The van der Waals surface area contributed by atoms with Crippen molar-refractivity contribution in [1.82, 2.24) is 5.32 Å². The monoisotopic (exact) mass is 366 g/mol. The van der Waals surface area contributed by atoms with E-state index in [9.17, 15) is 27.2 Å². The largest absolute Gasteiger partial charge is 0.419 e. The summed E-state index contributed by atoms with van der Waals surface area (Å²) in [4.78, 5) is 23.7. The fourth-order valence-electron chi connectivity index (χ4n) is 1.85. The smallest absolute Gasteiger partial charge is 0.344 e. The standard InChI is InChI=1S/C15H18F4N2O2S/c1-3-13(22)21-12(6-7-24-2)14(23)20-9-4-5-11(16)10(8-9)15(17,18)19/h4-5,8,12H,3,6-7H2,1-2H3,(H,20,23)(H,21,22)/t12-/m0/s1. The molecule has 0 spiro atoms. The molecule has 1 aromatic rings. The Kier molecular flexibility index (Phi) is 7.53. The maximum Gasteiger partial charge on any atom is 0.419 e. The van der Waals surface area contributed by atoms with Gasteiger partial charge < -0.3 is 10.6 Å². The van der Waals surface area contributed by atoms with E-state index in [1.807, 2.05) is 6.26 Å². The summed E-state index contributed by atoms with van der Waals surface area (Å²) in [6, 6.07) is 1.33. The second kappa shape index (κ2) is 8.91. The Morgan fingerprint density at radius 1 is 1.29 bits per heavy atom. The summed E-state index contributed by atoms with van der Waals surface area (Å²) in [5, 5.41) is 4.81. The predicted molar refractivity (Wildman–Crippen MR) is 85.3 cm³/mol. The molecule has 9 heteroatoms. The van der Waals surface area contributed by atoms with Gasteiger partial charge in [0.25, 0.3) is 0 Å². The van der Waals surface area contributed by atoms with Crippen LogP contribution in [0.25, 0.3) is 0 Å². The number of halogens is 4. The number of alkyl halides is 3. The molecule has 0 bridgehead atoms. The Balaban J connectivity index is 2.91. The van der Waals surface area contributed by atoms with Crippen LogP contribution in [0.4, 0.5) is 23.2 Å². The van der Waals surface area contributed by atoms with Crippen LogP contribution in [0.2, 0.25) is 0 Å². The molecule has 0 heterocycles. The molecule has 2 N–H and O–H groups in total. The molecule has 0 aliphatic rings. The van der Waals surface area contributed by atoms with Gasteiger partial charge in [0, 0.05) is 12.1 Å². The number of carbonyl (C=O) groups is 2. The van der Waals surface area contributed by atoms with Crippen LogP contribution >= 0.6 is 11.8 Å². The van der Waals surface area contributed by atoms with Crippen molar-refractivity contribution in [3.63, 3.8) is 0 Å². The Morgan fingerprint density at radius 3 is 2.50 bits per heavy atom. The zero-order chi connectivity index (χ0) is 18.3. The summed E-state index contributed by atoms with van der Waals surface area (Å²) in [6.07, 6.45) is -2.53. The van der Waals surface area contributed by atoms with E-state index in [1.165, 1.54) is 11.8 Å². The molecule has 0 aliphatic heterocycles. The van der Waals surface area contributed by atoms with Crippen LogP contribution in [-0.4, -0.2) is 29.9 Å². The average Bonchev–Trinajstić information content (AvgIpc) is 2.51. The molecule has 134 valence electrons. The van der Waals surface area contributed by atoms with Gasteiger partial charge in [-0.3, -0.25) is 9.59 Å². The van der Waals surface area contributed by atoms with Crippen LogP contribution in [0.15, 0.2) is 18.2 Å². The van der Waals surface area contributed by atoms with Gasteiger partial charge in [-0.2, -0.15) is 24.9 Å². The van der Waals surface area contributed by atoms with Crippen LogP contribution in [0.1, 0.15) is 25.3 Å². The number of hydrogen-bond donors (Lipinski definition) is 2. The van der Waals surface area contributed by atoms with E-state index < -0.39 is 29.5 Å². The Labute approximate surface area is 141 Å². The third kappa shape index (κ3) is 6.03. The molecule has 0 saturated heterocycles. The Hall–Kier alpha value is -1.77. The molecule has 1 atom stereocenters. The average molecular weight is 366 g/mol. The lowest BCUT2D eigenvalue weighted by atomic mass is 10.1. The van der Waals surface area contributed by atoms with E-state index >= 15 is 0 Å². The zero-order valence-electron chi connectivity index (χ0n) is 13.2. The molecule has 24 heavy (non-hydrogen) atoms. The number of amides is 2. The molecule has 1 rings (SSSR count). The van der Waals surface area contributed by atoms with Crippen molar-refractivity contribution in [2.75, 3.05) is 17.3 Å². The number of anilines is 1. The molecular weight excluding hydrogens is 348 g/mol. The van der Waals surface area contributed by atoms with Gasteiger partial charge in [-0.1, -0.05) is 6.92 Å². The molecule has 0 unspecified atom stereocenters. The van der Waals surface area contributed by atoms with E-state index in [0.717, 1.165) is 6.07 Å².